The number of rotatable bonds is 6. The number of thioether (sulfide) groups is 1. The highest BCUT2D eigenvalue weighted by molar-refractivity contribution is 7.99. The summed E-state index contributed by atoms with van der Waals surface area (Å²) in [4.78, 5) is 11.7. The van der Waals surface area contributed by atoms with Crippen LogP contribution in [0.15, 0.2) is 12.1 Å². The van der Waals surface area contributed by atoms with Crippen LogP contribution >= 0.6 is 11.8 Å². The van der Waals surface area contributed by atoms with E-state index in [0.29, 0.717) is 23.3 Å². The molecule has 3 heterocycles. The number of benzene rings is 1. The van der Waals surface area contributed by atoms with Crippen molar-refractivity contribution >= 4 is 34.4 Å². The quantitative estimate of drug-likeness (QED) is 0.746. The lowest BCUT2D eigenvalue weighted by molar-refractivity contribution is -0.00924. The Hall–Kier alpha value is -1.97. The molecule has 1 atom stereocenters. The number of nitrogens with zero attached hydrogens (tertiary/aromatic N) is 3. The van der Waals surface area contributed by atoms with Gasteiger partial charge >= 0.3 is 0 Å². The standard InChI is InChI=1S/C19H27N5O3S/c1-25-15-9-13-14(10-16(15)26-2)22-18(23-17(13)20)21-11-19(3-8-28-12-19)24-4-6-27-7-5-24/h9-10H,3-8,11-12H2,1-2H3,(H3,20,21,22,23). The number of hydrogen-bond acceptors (Lipinski definition) is 9. The molecule has 1 aromatic carbocycles. The minimum Gasteiger partial charge on any atom is -0.493 e. The average molecular weight is 406 g/mol. The van der Waals surface area contributed by atoms with Crippen LogP contribution in [0.5, 0.6) is 11.5 Å². The molecule has 1 unspecified atom stereocenters. The summed E-state index contributed by atoms with van der Waals surface area (Å²) < 4.78 is 16.3. The number of nitrogens with one attached hydrogen (secondary N) is 1. The lowest BCUT2D eigenvalue weighted by atomic mass is 9.95. The predicted octanol–water partition coefficient (Wildman–Crippen LogP) is 1.85. The van der Waals surface area contributed by atoms with Crippen molar-refractivity contribution < 1.29 is 14.2 Å². The van der Waals surface area contributed by atoms with E-state index in [-0.39, 0.29) is 5.54 Å². The molecule has 0 spiro atoms. The SMILES string of the molecule is COc1cc2nc(NCC3(N4CCOCC4)CCSC3)nc(N)c2cc1OC. The van der Waals surface area contributed by atoms with Crippen LogP contribution in [0.25, 0.3) is 10.9 Å². The van der Waals surface area contributed by atoms with E-state index in [4.69, 9.17) is 19.9 Å². The van der Waals surface area contributed by atoms with Gasteiger partial charge in [0.15, 0.2) is 11.5 Å². The highest BCUT2D eigenvalue weighted by atomic mass is 32.2. The third kappa shape index (κ3) is 3.66. The molecule has 4 rings (SSSR count). The number of aromatic nitrogens is 2. The summed E-state index contributed by atoms with van der Waals surface area (Å²) in [6, 6.07) is 3.65. The molecule has 2 fully saturated rings. The normalized spacial score (nSPS) is 23.1. The molecular formula is C19H27N5O3S. The van der Waals surface area contributed by atoms with Crippen LogP contribution in [0.2, 0.25) is 0 Å². The van der Waals surface area contributed by atoms with E-state index in [0.717, 1.165) is 55.9 Å². The number of hydrogen-bond donors (Lipinski definition) is 2. The van der Waals surface area contributed by atoms with E-state index in [1.54, 1.807) is 14.2 Å². The molecule has 3 N–H and O–H groups in total. The molecule has 0 amide bonds. The lowest BCUT2D eigenvalue weighted by Gasteiger charge is -2.43. The van der Waals surface area contributed by atoms with Crippen LogP contribution in [0.4, 0.5) is 11.8 Å². The van der Waals surface area contributed by atoms with Crippen LogP contribution in [-0.4, -0.2) is 79.0 Å². The van der Waals surface area contributed by atoms with Crippen molar-refractivity contribution in [1.29, 1.82) is 0 Å². The number of methoxy groups -OCH3 is 2. The van der Waals surface area contributed by atoms with Gasteiger partial charge in [0.1, 0.15) is 5.82 Å². The Kier molecular flexibility index (Phi) is 5.65. The van der Waals surface area contributed by atoms with Crippen molar-refractivity contribution in [2.75, 3.05) is 69.6 Å². The van der Waals surface area contributed by atoms with E-state index in [9.17, 15) is 0 Å². The van der Waals surface area contributed by atoms with Gasteiger partial charge < -0.3 is 25.3 Å². The van der Waals surface area contributed by atoms with Gasteiger partial charge in [-0.05, 0) is 18.2 Å². The third-order valence-electron chi connectivity index (χ3n) is 5.57. The Morgan fingerprint density at radius 3 is 2.64 bits per heavy atom. The van der Waals surface area contributed by atoms with Crippen LogP contribution in [0.3, 0.4) is 0 Å². The monoisotopic (exact) mass is 405 g/mol. The van der Waals surface area contributed by atoms with Crippen LogP contribution in [-0.2, 0) is 4.74 Å². The minimum atomic E-state index is 0.110. The van der Waals surface area contributed by atoms with Crippen LogP contribution < -0.4 is 20.5 Å². The van der Waals surface area contributed by atoms with Gasteiger partial charge in [-0.15, -0.1) is 0 Å². The second-order valence-electron chi connectivity index (χ2n) is 7.14. The van der Waals surface area contributed by atoms with Gasteiger partial charge in [-0.2, -0.15) is 16.7 Å². The highest BCUT2D eigenvalue weighted by Crippen LogP contribution is 2.36. The van der Waals surface area contributed by atoms with Crippen molar-refractivity contribution in [2.24, 2.45) is 0 Å². The Morgan fingerprint density at radius 1 is 1.21 bits per heavy atom. The summed E-state index contributed by atoms with van der Waals surface area (Å²) in [5.74, 6) is 4.48. The van der Waals surface area contributed by atoms with E-state index >= 15 is 0 Å². The van der Waals surface area contributed by atoms with Gasteiger partial charge in [0.05, 0.1) is 33.0 Å². The van der Waals surface area contributed by atoms with Gasteiger partial charge in [0, 0.05) is 42.4 Å². The molecule has 2 aliphatic rings. The van der Waals surface area contributed by atoms with E-state index < -0.39 is 0 Å². The predicted molar refractivity (Wildman–Crippen MR) is 113 cm³/mol. The molecular weight excluding hydrogens is 378 g/mol. The highest BCUT2D eigenvalue weighted by Gasteiger charge is 2.40. The van der Waals surface area contributed by atoms with Gasteiger partial charge in [-0.25, -0.2) is 4.98 Å². The summed E-state index contributed by atoms with van der Waals surface area (Å²) in [6.07, 6.45) is 1.15. The van der Waals surface area contributed by atoms with Crippen molar-refractivity contribution in [1.82, 2.24) is 14.9 Å². The van der Waals surface area contributed by atoms with E-state index in [2.05, 4.69) is 20.2 Å². The molecule has 28 heavy (non-hydrogen) atoms. The molecule has 9 heteroatoms. The first-order valence-electron chi connectivity index (χ1n) is 9.49. The number of nitrogens with two attached hydrogens (primary N) is 1. The average Bonchev–Trinajstić information content (AvgIpc) is 3.22. The van der Waals surface area contributed by atoms with E-state index in [1.807, 2.05) is 23.9 Å². The maximum absolute atomic E-state index is 6.21. The smallest absolute Gasteiger partial charge is 0.225 e. The molecule has 2 aromatic rings. The fraction of sp³-hybridized carbons (Fsp3) is 0.579. The summed E-state index contributed by atoms with van der Waals surface area (Å²) in [7, 11) is 3.21. The van der Waals surface area contributed by atoms with Crippen molar-refractivity contribution in [3.63, 3.8) is 0 Å². The lowest BCUT2D eigenvalue weighted by Crippen LogP contribution is -2.57. The Bertz CT molecular complexity index is 838. The van der Waals surface area contributed by atoms with Crippen LogP contribution in [0.1, 0.15) is 6.42 Å². The maximum atomic E-state index is 6.21. The molecule has 8 nitrogen and oxygen atoms in total. The number of nitrogen functional groups attached to an aromatic ring is 1. The summed E-state index contributed by atoms with van der Waals surface area (Å²) in [5.41, 5.74) is 7.05. The van der Waals surface area contributed by atoms with Crippen molar-refractivity contribution in [2.45, 2.75) is 12.0 Å². The zero-order valence-corrected chi connectivity index (χ0v) is 17.2. The Balaban J connectivity index is 1.58. The molecule has 2 saturated heterocycles. The fourth-order valence-corrected chi connectivity index (χ4v) is 5.41. The minimum absolute atomic E-state index is 0.110. The first-order chi connectivity index (χ1) is 13.6. The topological polar surface area (TPSA) is 94.8 Å². The number of morpholine rings is 1. The fourth-order valence-electron chi connectivity index (χ4n) is 3.94. The second-order valence-corrected chi connectivity index (χ2v) is 8.24. The molecule has 0 aliphatic carbocycles. The number of fused-ring (bicyclic) bond motifs is 1. The summed E-state index contributed by atoms with van der Waals surface area (Å²) >= 11 is 2.01. The zero-order chi connectivity index (χ0) is 19.6. The first kappa shape index (κ1) is 19.4. The Labute approximate surface area is 169 Å². The zero-order valence-electron chi connectivity index (χ0n) is 16.4. The van der Waals surface area contributed by atoms with Crippen LogP contribution in [0, 0.1) is 0 Å². The molecule has 0 radical (unpaired) electrons. The first-order valence-corrected chi connectivity index (χ1v) is 10.6. The summed E-state index contributed by atoms with van der Waals surface area (Å²) in [6.45, 7) is 4.33. The molecule has 1 aromatic heterocycles. The third-order valence-corrected chi connectivity index (χ3v) is 6.80. The molecule has 2 aliphatic heterocycles. The largest absolute Gasteiger partial charge is 0.493 e. The maximum Gasteiger partial charge on any atom is 0.225 e. The van der Waals surface area contributed by atoms with Gasteiger partial charge in [0.25, 0.3) is 0 Å². The van der Waals surface area contributed by atoms with Crippen molar-refractivity contribution in [3.8, 4) is 11.5 Å². The van der Waals surface area contributed by atoms with Gasteiger partial charge in [-0.1, -0.05) is 0 Å². The Morgan fingerprint density at radius 2 is 1.96 bits per heavy atom. The summed E-state index contributed by atoms with van der Waals surface area (Å²) in [5, 5.41) is 4.21. The number of anilines is 2. The number of ether oxygens (including phenoxy) is 3. The van der Waals surface area contributed by atoms with Gasteiger partial charge in [-0.3, -0.25) is 4.90 Å². The second kappa shape index (κ2) is 8.18. The van der Waals surface area contributed by atoms with Crippen molar-refractivity contribution in [3.05, 3.63) is 12.1 Å². The molecule has 152 valence electrons. The van der Waals surface area contributed by atoms with Gasteiger partial charge in [0.2, 0.25) is 5.95 Å². The molecule has 0 bridgehead atoms. The van der Waals surface area contributed by atoms with E-state index in [1.165, 1.54) is 5.75 Å². The molecule has 0 saturated carbocycles.